The third-order valence-corrected chi connectivity index (χ3v) is 10.6. The third kappa shape index (κ3) is 46.4. The number of nitrogens with zero attached hydrogens (tertiary/aromatic N) is 2. The molecule has 0 saturated heterocycles. The normalized spacial score (nSPS) is 12.5. The van der Waals surface area contributed by atoms with E-state index in [9.17, 15) is 59.4 Å². The summed E-state index contributed by atoms with van der Waals surface area (Å²) in [7, 11) is 0. The smallest absolute Gasteiger partial charge is 0.873 e. The van der Waals surface area contributed by atoms with Crippen molar-refractivity contribution in [1.82, 2.24) is 9.80 Å². The quantitative estimate of drug-likeness (QED) is 0.200. The van der Waals surface area contributed by atoms with E-state index in [0.717, 1.165) is 11.1 Å². The molecule has 77 heavy (non-hydrogen) atoms. The number of allylic oxidation sites excluding steroid dienone is 4. The predicted molar refractivity (Wildman–Crippen MR) is 293 cm³/mol. The third-order valence-electron chi connectivity index (χ3n) is 10.6. The first-order valence-corrected chi connectivity index (χ1v) is 25.9. The van der Waals surface area contributed by atoms with Gasteiger partial charge in [-0.15, -0.1) is 11.5 Å². The maximum Gasteiger partial charge on any atom is 3.00 e. The maximum absolute atomic E-state index is 11.8. The molecule has 0 spiro atoms. The number of rotatable bonds is 6. The van der Waals surface area contributed by atoms with Gasteiger partial charge in [-0.05, 0) is 78.1 Å². The average Bonchev–Trinajstić information content (AvgIpc) is 3.19. The van der Waals surface area contributed by atoms with Gasteiger partial charge >= 0.3 is 50.3 Å². The van der Waals surface area contributed by atoms with Crippen LogP contribution in [0.25, 0.3) is 0 Å². The van der Waals surface area contributed by atoms with Crippen LogP contribution in [0.4, 0.5) is 0 Å². The number of carboxylic acid groups (broad SMARTS) is 4. The fourth-order valence-electron chi connectivity index (χ4n) is 4.53. The Morgan fingerprint density at radius 2 is 0.662 bits per heavy atom. The van der Waals surface area contributed by atoms with Gasteiger partial charge in [0, 0.05) is 51.1 Å². The molecule has 1 aromatic rings. The van der Waals surface area contributed by atoms with Crippen molar-refractivity contribution in [3.05, 3.63) is 46.6 Å². The molecular formula is C60H106Co3N2O12+2. The Morgan fingerprint density at radius 1 is 0.416 bits per heavy atom. The number of hydrogen-bond acceptors (Lipinski definition) is 14. The molecule has 2 rings (SSSR count). The maximum atomic E-state index is 11.8. The van der Waals surface area contributed by atoms with Crippen LogP contribution >= 0.6 is 0 Å². The molecule has 453 valence electrons. The number of benzene rings is 1. The van der Waals surface area contributed by atoms with Crippen LogP contribution in [0, 0.1) is 32.5 Å². The van der Waals surface area contributed by atoms with Crippen LogP contribution in [-0.2, 0) is 89.9 Å². The second-order valence-electron chi connectivity index (χ2n) is 26.1. The van der Waals surface area contributed by atoms with Crippen molar-refractivity contribution < 1.29 is 110 Å². The van der Waals surface area contributed by atoms with Crippen molar-refractivity contribution in [2.24, 2.45) is 32.5 Å². The van der Waals surface area contributed by atoms with Gasteiger partial charge < -0.3 is 59.6 Å². The number of aliphatic carboxylic acids is 4. The minimum atomic E-state index is -1.01. The van der Waals surface area contributed by atoms with Crippen LogP contribution in [0.5, 0.6) is 11.5 Å². The molecule has 0 atom stereocenters. The van der Waals surface area contributed by atoms with Gasteiger partial charge in [-0.25, -0.2) is 0 Å². The standard InChI is InChI=1S/C14H22O2.C14H20O2.2C6H15N.4C5H10O2.3Co/c2*1-13(2,3)9-7-10(14(4,5)6)12(16)11(15)8-9;2*1-4-7(5-2)6-3;4*1-5(2,3)4(6)7;;;/h7-8,15-16H,1-6H3;7-8H,1-6H3;2*4-6H2,1-3H3;4*1-3H3,(H,6,7);;;/q;;;;;;;;+2;2*+3/p-6. The molecule has 0 N–H and O–H groups in total. The van der Waals surface area contributed by atoms with Gasteiger partial charge in [-0.2, -0.15) is 0 Å². The van der Waals surface area contributed by atoms with E-state index in [1.165, 1.54) is 51.4 Å². The number of carboxylic acids is 4. The van der Waals surface area contributed by atoms with E-state index < -0.39 is 57.1 Å². The van der Waals surface area contributed by atoms with Gasteiger partial charge in [-0.3, -0.25) is 9.59 Å². The zero-order valence-electron chi connectivity index (χ0n) is 53.3. The molecular weight excluding hydrogens is 1120 g/mol. The Labute approximate surface area is 500 Å². The fraction of sp³-hybridized carbons (Fsp3) is 0.733. The van der Waals surface area contributed by atoms with Crippen LogP contribution in [-0.4, -0.2) is 84.5 Å². The number of carbonyl (C=O) groups excluding carboxylic acids is 6. The van der Waals surface area contributed by atoms with Crippen LogP contribution in [0.2, 0.25) is 0 Å². The molecule has 17 heteroatoms. The molecule has 1 radical (unpaired) electrons. The Bertz CT molecular complexity index is 1810. The summed E-state index contributed by atoms with van der Waals surface area (Å²) in [6, 6.07) is 3.35. The molecule has 1 aromatic carbocycles. The van der Waals surface area contributed by atoms with Crippen molar-refractivity contribution in [3.8, 4) is 11.5 Å². The van der Waals surface area contributed by atoms with Crippen molar-refractivity contribution in [2.45, 2.75) is 219 Å². The van der Waals surface area contributed by atoms with E-state index in [4.69, 9.17) is 0 Å². The first-order chi connectivity index (χ1) is 32.5. The molecule has 1 aliphatic carbocycles. The van der Waals surface area contributed by atoms with E-state index in [1.807, 2.05) is 95.2 Å². The number of carbonyl (C=O) groups is 6. The van der Waals surface area contributed by atoms with E-state index in [1.54, 1.807) is 83.1 Å². The Morgan fingerprint density at radius 3 is 0.818 bits per heavy atom. The topological polar surface area (TPSA) is 247 Å². The van der Waals surface area contributed by atoms with E-state index in [0.29, 0.717) is 11.1 Å². The number of ketones is 2. The molecule has 14 nitrogen and oxygen atoms in total. The number of Topliss-reactive ketones (excluding diaryl/α,β-unsaturated/α-hetero) is 1. The van der Waals surface area contributed by atoms with Crippen LogP contribution in [0.1, 0.15) is 219 Å². The van der Waals surface area contributed by atoms with Gasteiger partial charge in [0.05, 0.1) is 0 Å². The van der Waals surface area contributed by atoms with Gasteiger partial charge in [0.25, 0.3) is 0 Å². The molecule has 0 amide bonds. The fourth-order valence-corrected chi connectivity index (χ4v) is 4.53. The van der Waals surface area contributed by atoms with Crippen LogP contribution in [0.3, 0.4) is 0 Å². The number of hydrogen-bond donors (Lipinski definition) is 0. The van der Waals surface area contributed by atoms with E-state index in [2.05, 4.69) is 51.3 Å². The summed E-state index contributed by atoms with van der Waals surface area (Å²) < 4.78 is 0. The Hall–Kier alpha value is -3.04. The Balaban J connectivity index is -0.000000101. The molecule has 0 fully saturated rings. The zero-order valence-corrected chi connectivity index (χ0v) is 56.5. The molecule has 0 saturated carbocycles. The molecule has 1 aliphatic rings. The molecule has 0 heterocycles. The minimum Gasteiger partial charge on any atom is -0.873 e. The monoisotopic (exact) mass is 1220 g/mol. The molecule has 0 unspecified atom stereocenters. The summed E-state index contributed by atoms with van der Waals surface area (Å²) >= 11 is 0. The summed E-state index contributed by atoms with van der Waals surface area (Å²) in [5.74, 6) is -5.53. The summed E-state index contributed by atoms with van der Waals surface area (Å²) in [4.78, 5) is 67.8. The second-order valence-corrected chi connectivity index (χ2v) is 26.1. The van der Waals surface area contributed by atoms with Gasteiger partial charge in [0.1, 0.15) is 0 Å². The van der Waals surface area contributed by atoms with Crippen molar-refractivity contribution >= 4 is 35.4 Å². The average molecular weight is 1220 g/mol. The van der Waals surface area contributed by atoms with Crippen molar-refractivity contribution in [1.29, 1.82) is 0 Å². The van der Waals surface area contributed by atoms with E-state index in [-0.39, 0.29) is 83.5 Å². The minimum absolute atomic E-state index is 0. The first-order valence-electron chi connectivity index (χ1n) is 25.9. The van der Waals surface area contributed by atoms with E-state index >= 15 is 0 Å². The molecule has 0 aromatic heterocycles. The summed E-state index contributed by atoms with van der Waals surface area (Å²) in [6.07, 6.45) is 3.35. The van der Waals surface area contributed by atoms with Gasteiger partial charge in [0.15, 0.2) is 0 Å². The second kappa shape index (κ2) is 40.2. The van der Waals surface area contributed by atoms with Gasteiger partial charge in [-0.1, -0.05) is 231 Å². The Kier molecular flexibility index (Phi) is 48.7. The zero-order chi connectivity index (χ0) is 61.2. The van der Waals surface area contributed by atoms with Crippen molar-refractivity contribution in [2.75, 3.05) is 39.3 Å². The summed E-state index contributed by atoms with van der Waals surface area (Å²) in [6.45, 7) is 63.4. The predicted octanol–water partition coefficient (Wildman–Crippen LogP) is 7.33. The SMILES string of the molecule is CC(C)(C)C(=O)[O-].CC(C)(C)C(=O)[O-].CC(C)(C)C(=O)[O-].CC(C)(C)C(=O)[O-].CC(C)(C)C1=CC(=O)C(=O)C(C(C)(C)C)=C1.CC(C)(C)c1cc([O-])c([O-])c(C(C)(C)C)c1.CCN(CC)CC.CCN(CC)CC.[Co+2].[Co+3].[Co+3]. The van der Waals surface area contributed by atoms with Crippen LogP contribution in [0.15, 0.2) is 35.4 Å². The summed E-state index contributed by atoms with van der Waals surface area (Å²) in [5.41, 5.74) is -0.451. The first kappa shape index (κ1) is 93.3. The molecule has 0 bridgehead atoms. The largest absolute Gasteiger partial charge is 3.00 e. The van der Waals surface area contributed by atoms with Crippen molar-refractivity contribution in [3.63, 3.8) is 0 Å². The van der Waals surface area contributed by atoms with Crippen LogP contribution < -0.4 is 30.6 Å². The van der Waals surface area contributed by atoms with Gasteiger partial charge in [0.2, 0.25) is 11.6 Å². The summed E-state index contributed by atoms with van der Waals surface area (Å²) in [5, 5.41) is 63.1. The molecule has 0 aliphatic heterocycles.